The number of benzene rings is 2. The van der Waals surface area contributed by atoms with Gasteiger partial charge in [0.05, 0.1) is 5.56 Å². The van der Waals surface area contributed by atoms with Crippen molar-refractivity contribution in [3.8, 4) is 5.75 Å². The number of aryl methyl sites for hydroxylation is 1. The molecule has 1 aromatic heterocycles. The molecule has 3 aromatic rings. The standard InChI is InChI=1S/C17H12F3NO3S/c1-11-7-8-13(10-14(11)17(18,19)20)25(22,23)24-15-6-2-4-12-5-3-9-21-16(12)15/h2-10H,1H3. The Morgan fingerprint density at radius 2 is 1.76 bits per heavy atom. The van der Waals surface area contributed by atoms with E-state index in [2.05, 4.69) is 4.98 Å². The third-order valence-electron chi connectivity index (χ3n) is 3.60. The van der Waals surface area contributed by atoms with E-state index in [1.807, 2.05) is 0 Å². The van der Waals surface area contributed by atoms with Crippen molar-refractivity contribution in [2.45, 2.75) is 18.0 Å². The largest absolute Gasteiger partial charge is 0.416 e. The Morgan fingerprint density at radius 1 is 1.04 bits per heavy atom. The summed E-state index contributed by atoms with van der Waals surface area (Å²) >= 11 is 0. The zero-order chi connectivity index (χ0) is 18.2. The lowest BCUT2D eigenvalue weighted by Crippen LogP contribution is -2.13. The highest BCUT2D eigenvalue weighted by atomic mass is 32.2. The summed E-state index contributed by atoms with van der Waals surface area (Å²) in [6.07, 6.45) is -3.19. The molecule has 0 N–H and O–H groups in total. The zero-order valence-corrected chi connectivity index (χ0v) is 13.7. The van der Waals surface area contributed by atoms with Crippen LogP contribution >= 0.6 is 0 Å². The van der Waals surface area contributed by atoms with Gasteiger partial charge < -0.3 is 4.18 Å². The Balaban J connectivity index is 2.05. The Labute approximate surface area is 142 Å². The molecule has 0 radical (unpaired) electrons. The summed E-state index contributed by atoms with van der Waals surface area (Å²) in [7, 11) is -4.44. The van der Waals surface area contributed by atoms with Crippen molar-refractivity contribution < 1.29 is 25.8 Å². The molecule has 0 aliphatic rings. The molecule has 0 aliphatic carbocycles. The summed E-state index contributed by atoms with van der Waals surface area (Å²) in [6.45, 7) is 1.26. The van der Waals surface area contributed by atoms with Crippen molar-refractivity contribution in [2.24, 2.45) is 0 Å². The highest BCUT2D eigenvalue weighted by molar-refractivity contribution is 7.87. The van der Waals surface area contributed by atoms with Crippen LogP contribution in [0.1, 0.15) is 11.1 Å². The van der Waals surface area contributed by atoms with Crippen LogP contribution in [0, 0.1) is 6.92 Å². The van der Waals surface area contributed by atoms with E-state index < -0.39 is 26.8 Å². The van der Waals surface area contributed by atoms with Gasteiger partial charge in [0, 0.05) is 11.6 Å². The quantitative estimate of drug-likeness (QED) is 0.647. The van der Waals surface area contributed by atoms with Crippen LogP contribution in [0.15, 0.2) is 59.6 Å². The number of pyridine rings is 1. The lowest BCUT2D eigenvalue weighted by molar-refractivity contribution is -0.138. The number of rotatable bonds is 3. The molecule has 0 spiro atoms. The minimum Gasteiger partial charge on any atom is -0.377 e. The Kier molecular flexibility index (Phi) is 4.16. The maximum absolute atomic E-state index is 13.0. The van der Waals surface area contributed by atoms with Crippen molar-refractivity contribution in [1.82, 2.24) is 4.98 Å². The highest BCUT2D eigenvalue weighted by Gasteiger charge is 2.34. The number of halogens is 3. The molecular formula is C17H12F3NO3S. The van der Waals surface area contributed by atoms with Gasteiger partial charge in [-0.1, -0.05) is 24.3 Å². The lowest BCUT2D eigenvalue weighted by atomic mass is 10.1. The van der Waals surface area contributed by atoms with Gasteiger partial charge in [-0.05, 0) is 36.8 Å². The summed E-state index contributed by atoms with van der Waals surface area (Å²) in [5.41, 5.74) is -0.789. The van der Waals surface area contributed by atoms with Crippen LogP contribution in [-0.2, 0) is 16.3 Å². The maximum atomic E-state index is 13.0. The number of hydrogen-bond acceptors (Lipinski definition) is 4. The second-order valence-electron chi connectivity index (χ2n) is 5.34. The average molecular weight is 367 g/mol. The molecule has 1 heterocycles. The number of nitrogens with zero attached hydrogens (tertiary/aromatic N) is 1. The van der Waals surface area contributed by atoms with E-state index in [1.165, 1.54) is 19.2 Å². The van der Waals surface area contributed by atoms with E-state index in [-0.39, 0.29) is 11.3 Å². The average Bonchev–Trinajstić information content (AvgIpc) is 2.54. The normalized spacial score (nSPS) is 12.3. The van der Waals surface area contributed by atoms with Crippen molar-refractivity contribution in [3.63, 3.8) is 0 Å². The van der Waals surface area contributed by atoms with Gasteiger partial charge in [-0.3, -0.25) is 4.98 Å². The fraction of sp³-hybridized carbons (Fsp3) is 0.118. The molecule has 0 bridgehead atoms. The first-order valence-electron chi connectivity index (χ1n) is 7.14. The first-order valence-corrected chi connectivity index (χ1v) is 8.55. The highest BCUT2D eigenvalue weighted by Crippen LogP contribution is 2.34. The zero-order valence-electron chi connectivity index (χ0n) is 12.9. The molecule has 0 unspecified atom stereocenters. The molecule has 3 rings (SSSR count). The van der Waals surface area contributed by atoms with Crippen molar-refractivity contribution >= 4 is 21.0 Å². The molecule has 25 heavy (non-hydrogen) atoms. The van der Waals surface area contributed by atoms with Gasteiger partial charge in [-0.25, -0.2) is 0 Å². The van der Waals surface area contributed by atoms with Crippen molar-refractivity contribution in [3.05, 3.63) is 65.9 Å². The van der Waals surface area contributed by atoms with Gasteiger partial charge in [0.2, 0.25) is 0 Å². The minimum absolute atomic E-state index is 0.0489. The smallest absolute Gasteiger partial charge is 0.377 e. The third-order valence-corrected chi connectivity index (χ3v) is 4.83. The fourth-order valence-corrected chi connectivity index (χ4v) is 3.34. The topological polar surface area (TPSA) is 56.3 Å². The molecule has 0 atom stereocenters. The van der Waals surface area contributed by atoms with E-state index >= 15 is 0 Å². The number of aromatic nitrogens is 1. The second kappa shape index (κ2) is 6.03. The monoisotopic (exact) mass is 367 g/mol. The van der Waals surface area contributed by atoms with Gasteiger partial charge in [0.1, 0.15) is 10.4 Å². The second-order valence-corrected chi connectivity index (χ2v) is 6.89. The van der Waals surface area contributed by atoms with Crippen LogP contribution in [0.3, 0.4) is 0 Å². The first kappa shape index (κ1) is 17.2. The summed E-state index contributed by atoms with van der Waals surface area (Å²) < 4.78 is 68.9. The van der Waals surface area contributed by atoms with Crippen molar-refractivity contribution in [2.75, 3.05) is 0 Å². The van der Waals surface area contributed by atoms with Crippen LogP contribution in [0.2, 0.25) is 0 Å². The van der Waals surface area contributed by atoms with Crippen LogP contribution < -0.4 is 4.18 Å². The number of alkyl halides is 3. The van der Waals surface area contributed by atoms with Gasteiger partial charge in [-0.15, -0.1) is 0 Å². The molecule has 0 aliphatic heterocycles. The minimum atomic E-state index is -4.66. The summed E-state index contributed by atoms with van der Waals surface area (Å²) in [4.78, 5) is 3.49. The summed E-state index contributed by atoms with van der Waals surface area (Å²) in [6, 6.07) is 10.8. The lowest BCUT2D eigenvalue weighted by Gasteiger charge is -2.13. The van der Waals surface area contributed by atoms with E-state index in [0.717, 1.165) is 12.1 Å². The van der Waals surface area contributed by atoms with E-state index in [4.69, 9.17) is 4.18 Å². The van der Waals surface area contributed by atoms with Crippen LogP contribution in [-0.4, -0.2) is 13.4 Å². The summed E-state index contributed by atoms with van der Waals surface area (Å²) in [5, 5.41) is 0.648. The molecule has 0 amide bonds. The van der Waals surface area contributed by atoms with Crippen LogP contribution in [0.25, 0.3) is 10.9 Å². The van der Waals surface area contributed by atoms with Gasteiger partial charge in [0.25, 0.3) is 0 Å². The predicted molar refractivity (Wildman–Crippen MR) is 85.7 cm³/mol. The maximum Gasteiger partial charge on any atom is 0.416 e. The summed E-state index contributed by atoms with van der Waals surface area (Å²) in [5.74, 6) is -0.0489. The van der Waals surface area contributed by atoms with Gasteiger partial charge in [0.15, 0.2) is 5.75 Å². The van der Waals surface area contributed by atoms with Gasteiger partial charge >= 0.3 is 16.3 Å². The van der Waals surface area contributed by atoms with E-state index in [0.29, 0.717) is 17.0 Å². The molecule has 4 nitrogen and oxygen atoms in total. The van der Waals surface area contributed by atoms with Gasteiger partial charge in [-0.2, -0.15) is 21.6 Å². The molecule has 0 fully saturated rings. The molecule has 130 valence electrons. The fourth-order valence-electron chi connectivity index (χ4n) is 2.37. The third kappa shape index (κ3) is 3.43. The number of fused-ring (bicyclic) bond motifs is 1. The number of para-hydroxylation sites is 1. The molecule has 0 saturated carbocycles. The van der Waals surface area contributed by atoms with E-state index in [9.17, 15) is 21.6 Å². The van der Waals surface area contributed by atoms with Crippen molar-refractivity contribution in [1.29, 1.82) is 0 Å². The van der Waals surface area contributed by atoms with E-state index in [1.54, 1.807) is 24.3 Å². The molecule has 0 saturated heterocycles. The SMILES string of the molecule is Cc1ccc(S(=O)(=O)Oc2cccc3cccnc23)cc1C(F)(F)F. The van der Waals surface area contributed by atoms with Crippen LogP contribution in [0.4, 0.5) is 13.2 Å². The number of hydrogen-bond donors (Lipinski definition) is 0. The first-order chi connectivity index (χ1) is 11.7. The van der Waals surface area contributed by atoms with Crippen LogP contribution in [0.5, 0.6) is 5.75 Å². The predicted octanol–water partition coefficient (Wildman–Crippen LogP) is 4.33. The Hall–Kier alpha value is -2.61. The Morgan fingerprint density at radius 3 is 2.48 bits per heavy atom. The Bertz CT molecular complexity index is 1040. The molecular weight excluding hydrogens is 355 g/mol. The molecule has 2 aromatic carbocycles. The molecule has 8 heteroatoms.